The van der Waals surface area contributed by atoms with Gasteiger partial charge in [-0.3, -0.25) is 0 Å². The third-order valence-corrected chi connectivity index (χ3v) is 5.85. The lowest BCUT2D eigenvalue weighted by molar-refractivity contribution is 0.536. The number of aryl methyl sites for hydroxylation is 2. The van der Waals surface area contributed by atoms with Crippen LogP contribution in [0.1, 0.15) is 35.7 Å². The second kappa shape index (κ2) is 8.58. The van der Waals surface area contributed by atoms with Crippen LogP contribution in [-0.2, 0) is 6.54 Å². The molecule has 30 heavy (non-hydrogen) atoms. The van der Waals surface area contributed by atoms with E-state index in [9.17, 15) is 4.39 Å². The number of benzene rings is 2. The zero-order chi connectivity index (χ0) is 19.8. The van der Waals surface area contributed by atoms with Crippen molar-refractivity contribution in [3.8, 4) is 11.3 Å². The summed E-state index contributed by atoms with van der Waals surface area (Å²) in [6.07, 6.45) is 4.09. The zero-order valence-electron chi connectivity index (χ0n) is 16.9. The molecule has 0 bridgehead atoms. The average molecular weight is 426 g/mol. The van der Waals surface area contributed by atoms with Crippen molar-refractivity contribution in [1.29, 1.82) is 0 Å². The van der Waals surface area contributed by atoms with Gasteiger partial charge in [0.05, 0.1) is 23.1 Å². The molecule has 1 unspecified atom stereocenters. The first-order chi connectivity index (χ1) is 14.2. The van der Waals surface area contributed by atoms with Crippen LogP contribution in [0, 0.1) is 12.7 Å². The highest BCUT2D eigenvalue weighted by Crippen LogP contribution is 2.39. The Morgan fingerprint density at radius 2 is 2.07 bits per heavy atom. The summed E-state index contributed by atoms with van der Waals surface area (Å²) in [6.45, 7) is 4.63. The molecule has 1 aromatic heterocycles. The van der Waals surface area contributed by atoms with Crippen LogP contribution in [0.25, 0.3) is 16.8 Å². The molecule has 0 saturated heterocycles. The standard InChI is InChI=1S/C23H24FN5.ClH/c1-15-23-18-7-6-17(16-8-11-25-12-9-16)14-19(18)21(10-13-29(23)28-27-15)26-22-5-3-2-4-20(22)24;/h2-8,14,21,25-26H,9-13H2,1H3;1H. The Morgan fingerprint density at radius 3 is 2.87 bits per heavy atom. The van der Waals surface area contributed by atoms with E-state index in [0.717, 1.165) is 49.4 Å². The van der Waals surface area contributed by atoms with Crippen LogP contribution in [0.2, 0.25) is 0 Å². The number of halogens is 2. The first kappa shape index (κ1) is 20.6. The molecule has 1 atom stereocenters. The fraction of sp³-hybridized carbons (Fsp3) is 0.304. The van der Waals surface area contributed by atoms with Gasteiger partial charge in [-0.2, -0.15) is 0 Å². The molecule has 2 aliphatic heterocycles. The molecular formula is C23H25ClFN5. The molecule has 7 heteroatoms. The van der Waals surface area contributed by atoms with Crippen molar-refractivity contribution >= 4 is 23.7 Å². The highest BCUT2D eigenvalue weighted by Gasteiger charge is 2.26. The lowest BCUT2D eigenvalue weighted by Crippen LogP contribution is -2.20. The number of aromatic nitrogens is 3. The van der Waals surface area contributed by atoms with E-state index >= 15 is 0 Å². The quantitative estimate of drug-likeness (QED) is 0.636. The van der Waals surface area contributed by atoms with Crippen molar-refractivity contribution in [3.63, 3.8) is 0 Å². The molecule has 156 valence electrons. The van der Waals surface area contributed by atoms with E-state index in [4.69, 9.17) is 0 Å². The van der Waals surface area contributed by atoms with Gasteiger partial charge in [0, 0.05) is 18.7 Å². The molecule has 5 nitrogen and oxygen atoms in total. The molecular weight excluding hydrogens is 401 g/mol. The first-order valence-electron chi connectivity index (χ1n) is 10.2. The minimum atomic E-state index is -0.230. The van der Waals surface area contributed by atoms with Gasteiger partial charge in [0.2, 0.25) is 0 Å². The SMILES string of the molecule is Cc1nnn2c1-c1ccc(C3=CCNCC3)cc1C(Nc1ccccc1F)CC2.Cl. The number of hydrogen-bond donors (Lipinski definition) is 2. The molecule has 0 amide bonds. The number of anilines is 1. The Labute approximate surface area is 181 Å². The van der Waals surface area contributed by atoms with E-state index < -0.39 is 0 Å². The third-order valence-electron chi connectivity index (χ3n) is 5.85. The lowest BCUT2D eigenvalue weighted by atomic mass is 9.90. The van der Waals surface area contributed by atoms with Gasteiger partial charge in [-0.15, -0.1) is 17.5 Å². The number of fused-ring (bicyclic) bond motifs is 3. The Morgan fingerprint density at radius 1 is 1.20 bits per heavy atom. The summed E-state index contributed by atoms with van der Waals surface area (Å²) in [5.41, 5.74) is 7.42. The van der Waals surface area contributed by atoms with Gasteiger partial charge >= 0.3 is 0 Å². The van der Waals surface area contributed by atoms with Crippen LogP contribution in [0.4, 0.5) is 10.1 Å². The Balaban J connectivity index is 0.00000218. The zero-order valence-corrected chi connectivity index (χ0v) is 17.7. The number of nitrogens with one attached hydrogen (secondary N) is 2. The van der Waals surface area contributed by atoms with E-state index in [1.165, 1.54) is 22.8 Å². The van der Waals surface area contributed by atoms with Crippen molar-refractivity contribution in [1.82, 2.24) is 20.3 Å². The van der Waals surface area contributed by atoms with Gasteiger partial charge in [-0.1, -0.05) is 35.6 Å². The van der Waals surface area contributed by atoms with Crippen molar-refractivity contribution in [3.05, 3.63) is 71.2 Å². The summed E-state index contributed by atoms with van der Waals surface area (Å²) in [5, 5.41) is 15.4. The van der Waals surface area contributed by atoms with Crippen LogP contribution < -0.4 is 10.6 Å². The van der Waals surface area contributed by atoms with Crippen molar-refractivity contribution < 1.29 is 4.39 Å². The highest BCUT2D eigenvalue weighted by atomic mass is 35.5. The predicted molar refractivity (Wildman–Crippen MR) is 120 cm³/mol. The largest absolute Gasteiger partial charge is 0.376 e. The van der Waals surface area contributed by atoms with Gasteiger partial charge in [-0.05, 0) is 61.2 Å². The van der Waals surface area contributed by atoms with Crippen LogP contribution in [-0.4, -0.2) is 28.1 Å². The summed E-state index contributed by atoms with van der Waals surface area (Å²) < 4.78 is 16.3. The van der Waals surface area contributed by atoms with Crippen molar-refractivity contribution in [2.45, 2.75) is 32.4 Å². The molecule has 0 aliphatic carbocycles. The highest BCUT2D eigenvalue weighted by molar-refractivity contribution is 5.85. The molecule has 5 rings (SSSR count). The summed E-state index contributed by atoms with van der Waals surface area (Å²) in [6, 6.07) is 13.5. The molecule has 3 heterocycles. The fourth-order valence-electron chi connectivity index (χ4n) is 4.36. The Hall–Kier alpha value is -2.70. The van der Waals surface area contributed by atoms with Gasteiger partial charge in [-0.25, -0.2) is 9.07 Å². The predicted octanol–water partition coefficient (Wildman–Crippen LogP) is 4.75. The minimum Gasteiger partial charge on any atom is -0.376 e. The second-order valence-corrected chi connectivity index (χ2v) is 7.70. The topological polar surface area (TPSA) is 54.8 Å². The van der Waals surface area contributed by atoms with Gasteiger partial charge in [0.15, 0.2) is 0 Å². The Bertz CT molecular complexity index is 1090. The van der Waals surface area contributed by atoms with E-state index in [2.05, 4.69) is 45.2 Å². The lowest BCUT2D eigenvalue weighted by Gasteiger charge is -2.23. The molecule has 0 radical (unpaired) electrons. The number of nitrogens with zero attached hydrogens (tertiary/aromatic N) is 3. The average Bonchev–Trinajstić information content (AvgIpc) is 3.05. The normalized spacial score (nSPS) is 17.8. The fourth-order valence-corrected chi connectivity index (χ4v) is 4.36. The Kier molecular flexibility index (Phi) is 5.88. The smallest absolute Gasteiger partial charge is 0.146 e. The molecule has 2 aliphatic rings. The number of rotatable bonds is 3. The number of hydrogen-bond acceptors (Lipinski definition) is 4. The van der Waals surface area contributed by atoms with Gasteiger partial charge in [0.1, 0.15) is 5.82 Å². The van der Waals surface area contributed by atoms with Crippen molar-refractivity contribution in [2.24, 2.45) is 0 Å². The summed E-state index contributed by atoms with van der Waals surface area (Å²) >= 11 is 0. The van der Waals surface area contributed by atoms with Crippen LogP contribution in [0.5, 0.6) is 0 Å². The molecule has 3 aromatic rings. The van der Waals surface area contributed by atoms with E-state index in [1.54, 1.807) is 12.1 Å². The van der Waals surface area contributed by atoms with E-state index in [-0.39, 0.29) is 24.3 Å². The van der Waals surface area contributed by atoms with Crippen LogP contribution in [0.15, 0.2) is 48.5 Å². The van der Waals surface area contributed by atoms with Gasteiger partial charge < -0.3 is 10.6 Å². The molecule has 0 saturated carbocycles. The number of para-hydroxylation sites is 1. The third kappa shape index (κ3) is 3.73. The minimum absolute atomic E-state index is 0. The first-order valence-corrected chi connectivity index (χ1v) is 10.2. The summed E-state index contributed by atoms with van der Waals surface area (Å²) in [7, 11) is 0. The van der Waals surface area contributed by atoms with Crippen LogP contribution >= 0.6 is 12.4 Å². The maximum absolute atomic E-state index is 14.4. The van der Waals surface area contributed by atoms with Crippen LogP contribution in [0.3, 0.4) is 0 Å². The molecule has 2 N–H and O–H groups in total. The van der Waals surface area contributed by atoms with E-state index in [1.807, 2.05) is 17.7 Å². The molecule has 2 aromatic carbocycles. The maximum Gasteiger partial charge on any atom is 0.146 e. The van der Waals surface area contributed by atoms with Gasteiger partial charge in [0.25, 0.3) is 0 Å². The molecule has 0 spiro atoms. The summed E-state index contributed by atoms with van der Waals surface area (Å²) in [5.74, 6) is -0.230. The molecule has 0 fully saturated rings. The van der Waals surface area contributed by atoms with Crippen molar-refractivity contribution in [2.75, 3.05) is 18.4 Å². The summed E-state index contributed by atoms with van der Waals surface area (Å²) in [4.78, 5) is 0. The van der Waals surface area contributed by atoms with E-state index in [0.29, 0.717) is 5.69 Å². The monoisotopic (exact) mass is 425 g/mol. The maximum atomic E-state index is 14.4. The second-order valence-electron chi connectivity index (χ2n) is 7.70.